The monoisotopic (exact) mass is 363 g/mol. The number of benzene rings is 1. The molecule has 0 spiro atoms. The van der Waals surface area contributed by atoms with Gasteiger partial charge in [-0.15, -0.1) is 0 Å². The first-order chi connectivity index (χ1) is 10.6. The number of allylic oxidation sites excluding steroid dienone is 1. The molecule has 1 atom stereocenters. The van der Waals surface area contributed by atoms with Gasteiger partial charge in [-0.2, -0.15) is 4.68 Å². The number of halogens is 1. The van der Waals surface area contributed by atoms with E-state index in [2.05, 4.69) is 36.8 Å². The van der Waals surface area contributed by atoms with Gasteiger partial charge in [0, 0.05) is 10.2 Å². The van der Waals surface area contributed by atoms with Crippen molar-refractivity contribution in [1.82, 2.24) is 20.2 Å². The molecule has 2 heterocycles. The van der Waals surface area contributed by atoms with Crippen LogP contribution in [-0.2, 0) is 9.53 Å². The van der Waals surface area contributed by atoms with Gasteiger partial charge in [-0.1, -0.05) is 33.2 Å². The Kier molecular flexibility index (Phi) is 3.93. The Bertz CT molecular complexity index is 755. The van der Waals surface area contributed by atoms with Crippen LogP contribution in [0.5, 0.6) is 0 Å². The number of tetrazole rings is 1. The minimum absolute atomic E-state index is 0.309. The molecule has 0 bridgehead atoms. The Hall–Kier alpha value is -2.22. The molecule has 1 N–H and O–H groups in total. The molecule has 0 aliphatic carbocycles. The van der Waals surface area contributed by atoms with E-state index in [0.29, 0.717) is 23.8 Å². The van der Waals surface area contributed by atoms with Gasteiger partial charge in [0.2, 0.25) is 5.95 Å². The lowest BCUT2D eigenvalue weighted by Crippen LogP contribution is -2.29. The molecule has 22 heavy (non-hydrogen) atoms. The molecular weight excluding hydrogens is 350 g/mol. The number of carbonyl (C=O) groups excluding carboxylic acids is 1. The fourth-order valence-electron chi connectivity index (χ4n) is 2.47. The highest BCUT2D eigenvalue weighted by Gasteiger charge is 2.34. The minimum atomic E-state index is -0.428. The van der Waals surface area contributed by atoms with Crippen molar-refractivity contribution in [1.29, 1.82) is 0 Å². The molecule has 3 rings (SSSR count). The first kappa shape index (κ1) is 14.7. The second-order valence-corrected chi connectivity index (χ2v) is 5.70. The second kappa shape index (κ2) is 5.88. The lowest BCUT2D eigenvalue weighted by atomic mass is 9.96. The standard InChI is InChI=1S/C14H14BrN5O2/c1-3-22-13(21)11-8(2)16-14-17-18-19-20(14)12(11)9-5-4-6-10(15)7-9/h4-7,12H,3H2,1-2H3,(H,16,17,19)/t12-/m0/s1. The largest absolute Gasteiger partial charge is 0.463 e. The number of nitrogens with one attached hydrogen (secondary N) is 1. The van der Waals surface area contributed by atoms with Gasteiger partial charge < -0.3 is 10.1 Å². The van der Waals surface area contributed by atoms with Crippen molar-refractivity contribution in [3.8, 4) is 0 Å². The van der Waals surface area contributed by atoms with E-state index in [1.165, 1.54) is 0 Å². The smallest absolute Gasteiger partial charge is 0.338 e. The van der Waals surface area contributed by atoms with Crippen LogP contribution in [-0.4, -0.2) is 32.8 Å². The number of fused-ring (bicyclic) bond motifs is 1. The number of carbonyl (C=O) groups is 1. The first-order valence-corrected chi connectivity index (χ1v) is 7.59. The van der Waals surface area contributed by atoms with Crippen LogP contribution in [0.4, 0.5) is 5.95 Å². The molecule has 0 saturated heterocycles. The topological polar surface area (TPSA) is 81.9 Å². The summed E-state index contributed by atoms with van der Waals surface area (Å²) >= 11 is 3.45. The van der Waals surface area contributed by atoms with E-state index in [1.54, 1.807) is 11.6 Å². The SMILES string of the molecule is CCOC(=O)C1=C(C)Nc2nnnn2[C@H]1c1cccc(Br)c1. The van der Waals surface area contributed by atoms with Crippen LogP contribution in [0, 0.1) is 0 Å². The number of rotatable bonds is 3. The van der Waals surface area contributed by atoms with Crippen molar-refractivity contribution in [2.24, 2.45) is 0 Å². The molecule has 0 fully saturated rings. The summed E-state index contributed by atoms with van der Waals surface area (Å²) < 4.78 is 7.69. The van der Waals surface area contributed by atoms with Gasteiger partial charge in [0.15, 0.2) is 0 Å². The van der Waals surface area contributed by atoms with Crippen molar-refractivity contribution in [2.45, 2.75) is 19.9 Å². The van der Waals surface area contributed by atoms with Crippen LogP contribution < -0.4 is 5.32 Å². The summed E-state index contributed by atoms with van der Waals surface area (Å²) in [5.41, 5.74) is 2.08. The maximum atomic E-state index is 12.4. The number of ether oxygens (including phenoxy) is 1. The predicted molar refractivity (Wildman–Crippen MR) is 83.1 cm³/mol. The summed E-state index contributed by atoms with van der Waals surface area (Å²) in [6.45, 7) is 3.90. The van der Waals surface area contributed by atoms with Crippen molar-refractivity contribution >= 4 is 27.8 Å². The summed E-state index contributed by atoms with van der Waals surface area (Å²) in [5.74, 6) is 0.120. The third-order valence-corrected chi connectivity index (χ3v) is 3.87. The zero-order valence-corrected chi connectivity index (χ0v) is 13.7. The van der Waals surface area contributed by atoms with Gasteiger partial charge in [0.1, 0.15) is 6.04 Å². The van der Waals surface area contributed by atoms with Crippen molar-refractivity contribution < 1.29 is 9.53 Å². The van der Waals surface area contributed by atoms with Gasteiger partial charge in [-0.05, 0) is 42.0 Å². The van der Waals surface area contributed by atoms with E-state index in [-0.39, 0.29) is 5.97 Å². The van der Waals surface area contributed by atoms with Crippen LogP contribution in [0.3, 0.4) is 0 Å². The number of nitrogens with zero attached hydrogens (tertiary/aromatic N) is 4. The third-order valence-electron chi connectivity index (χ3n) is 3.37. The van der Waals surface area contributed by atoms with E-state index in [0.717, 1.165) is 10.0 Å². The number of hydrogen-bond acceptors (Lipinski definition) is 6. The quantitative estimate of drug-likeness (QED) is 0.842. The minimum Gasteiger partial charge on any atom is -0.463 e. The van der Waals surface area contributed by atoms with E-state index in [1.807, 2.05) is 31.2 Å². The predicted octanol–water partition coefficient (Wildman–Crippen LogP) is 2.29. The van der Waals surface area contributed by atoms with Crippen LogP contribution in [0.25, 0.3) is 0 Å². The average Bonchev–Trinajstić information content (AvgIpc) is 2.93. The van der Waals surface area contributed by atoms with E-state index < -0.39 is 6.04 Å². The summed E-state index contributed by atoms with van der Waals surface area (Å²) in [4.78, 5) is 12.4. The fraction of sp³-hybridized carbons (Fsp3) is 0.286. The van der Waals surface area contributed by atoms with Gasteiger partial charge in [-0.3, -0.25) is 0 Å². The lowest BCUT2D eigenvalue weighted by molar-refractivity contribution is -0.139. The fourth-order valence-corrected chi connectivity index (χ4v) is 2.89. The zero-order valence-electron chi connectivity index (χ0n) is 12.1. The summed E-state index contributed by atoms with van der Waals surface area (Å²) in [5, 5.41) is 14.7. The van der Waals surface area contributed by atoms with Gasteiger partial charge >= 0.3 is 5.97 Å². The van der Waals surface area contributed by atoms with Crippen molar-refractivity contribution in [2.75, 3.05) is 11.9 Å². The number of esters is 1. The Balaban J connectivity index is 2.15. The highest BCUT2D eigenvalue weighted by molar-refractivity contribution is 9.10. The summed E-state index contributed by atoms with van der Waals surface area (Å²) in [7, 11) is 0. The zero-order chi connectivity index (χ0) is 15.7. The Labute approximate surface area is 135 Å². The van der Waals surface area contributed by atoms with Gasteiger partial charge in [0.05, 0.1) is 12.2 Å². The lowest BCUT2D eigenvalue weighted by Gasteiger charge is -2.27. The number of anilines is 1. The molecule has 8 heteroatoms. The van der Waals surface area contributed by atoms with Crippen LogP contribution in [0.2, 0.25) is 0 Å². The maximum absolute atomic E-state index is 12.4. The summed E-state index contributed by atoms with van der Waals surface area (Å²) in [6, 6.07) is 7.27. The molecule has 1 aromatic carbocycles. The normalized spacial score (nSPS) is 17.0. The molecule has 0 radical (unpaired) electrons. The number of hydrogen-bond donors (Lipinski definition) is 1. The molecule has 7 nitrogen and oxygen atoms in total. The van der Waals surface area contributed by atoms with Crippen LogP contribution >= 0.6 is 15.9 Å². The molecule has 114 valence electrons. The Morgan fingerprint density at radius 2 is 2.32 bits per heavy atom. The Morgan fingerprint density at radius 3 is 3.05 bits per heavy atom. The highest BCUT2D eigenvalue weighted by atomic mass is 79.9. The molecule has 1 aliphatic rings. The first-order valence-electron chi connectivity index (χ1n) is 6.80. The molecule has 1 aliphatic heterocycles. The van der Waals surface area contributed by atoms with Gasteiger partial charge in [0.25, 0.3) is 0 Å². The Morgan fingerprint density at radius 1 is 1.50 bits per heavy atom. The van der Waals surface area contributed by atoms with Gasteiger partial charge in [-0.25, -0.2) is 4.79 Å². The average molecular weight is 364 g/mol. The molecule has 0 unspecified atom stereocenters. The number of aromatic nitrogens is 4. The van der Waals surface area contributed by atoms with Crippen LogP contribution in [0.15, 0.2) is 40.0 Å². The van der Waals surface area contributed by atoms with Crippen molar-refractivity contribution in [3.63, 3.8) is 0 Å². The molecule has 0 saturated carbocycles. The third kappa shape index (κ3) is 2.50. The summed E-state index contributed by atoms with van der Waals surface area (Å²) in [6.07, 6.45) is 0. The van der Waals surface area contributed by atoms with Crippen LogP contribution in [0.1, 0.15) is 25.5 Å². The van der Waals surface area contributed by atoms with E-state index in [4.69, 9.17) is 4.74 Å². The molecule has 1 aromatic heterocycles. The van der Waals surface area contributed by atoms with E-state index >= 15 is 0 Å². The second-order valence-electron chi connectivity index (χ2n) is 4.79. The molecular formula is C14H14BrN5O2. The van der Waals surface area contributed by atoms with E-state index in [9.17, 15) is 4.79 Å². The molecule has 2 aromatic rings. The van der Waals surface area contributed by atoms with Crippen molar-refractivity contribution in [3.05, 3.63) is 45.6 Å². The molecule has 0 amide bonds. The highest BCUT2D eigenvalue weighted by Crippen LogP contribution is 2.35. The maximum Gasteiger partial charge on any atom is 0.338 e.